The van der Waals surface area contributed by atoms with Gasteiger partial charge in [-0.05, 0) is 42.4 Å². The van der Waals surface area contributed by atoms with Crippen LogP contribution in [0.5, 0.6) is 0 Å². The first kappa shape index (κ1) is 25.5. The SMILES string of the molecule is Cc1ccc(-c2[c-]ccc3c2oc2c3ccc3cccnc32)nc1.Cc1ccc(-c2[c-]cccc2)nc1.[Ir]. The third-order valence-electron chi connectivity index (χ3n) is 6.24. The monoisotopic (exact) mass is 670 g/mol. The van der Waals surface area contributed by atoms with Gasteiger partial charge in [0.2, 0.25) is 0 Å². The summed E-state index contributed by atoms with van der Waals surface area (Å²) in [5, 5.41) is 3.20. The summed E-state index contributed by atoms with van der Waals surface area (Å²) in [7, 11) is 0. The molecule has 0 aliphatic carbocycles. The van der Waals surface area contributed by atoms with Crippen molar-refractivity contribution >= 4 is 32.8 Å². The zero-order chi connectivity index (χ0) is 25.2. The molecule has 3 aromatic carbocycles. The second-order valence-electron chi connectivity index (χ2n) is 8.93. The molecule has 0 aliphatic rings. The van der Waals surface area contributed by atoms with Gasteiger partial charge < -0.3 is 14.4 Å². The van der Waals surface area contributed by atoms with E-state index in [1.807, 2.05) is 86.9 Å². The number of fused-ring (bicyclic) bond motifs is 5. The van der Waals surface area contributed by atoms with Crippen molar-refractivity contribution in [3.05, 3.63) is 127 Å². The van der Waals surface area contributed by atoms with E-state index in [4.69, 9.17) is 4.42 Å². The van der Waals surface area contributed by atoms with E-state index < -0.39 is 0 Å². The number of benzene rings is 3. The molecule has 7 aromatic rings. The molecule has 0 aliphatic heterocycles. The summed E-state index contributed by atoms with van der Waals surface area (Å²) in [5.41, 5.74) is 8.58. The van der Waals surface area contributed by atoms with E-state index in [1.54, 1.807) is 6.20 Å². The fourth-order valence-electron chi connectivity index (χ4n) is 4.32. The molecule has 38 heavy (non-hydrogen) atoms. The smallest absolute Gasteiger partial charge is 0.147 e. The molecule has 0 spiro atoms. The van der Waals surface area contributed by atoms with Crippen molar-refractivity contribution in [2.75, 3.05) is 0 Å². The molecule has 0 amide bonds. The molecule has 5 heteroatoms. The van der Waals surface area contributed by atoms with Crippen LogP contribution in [0.3, 0.4) is 0 Å². The van der Waals surface area contributed by atoms with Gasteiger partial charge in [-0.1, -0.05) is 53.4 Å². The Labute approximate surface area is 234 Å². The maximum atomic E-state index is 6.25. The van der Waals surface area contributed by atoms with E-state index in [2.05, 4.69) is 51.4 Å². The largest absolute Gasteiger partial charge is 0.498 e. The first-order valence-electron chi connectivity index (χ1n) is 12.1. The minimum atomic E-state index is 0. The van der Waals surface area contributed by atoms with Crippen molar-refractivity contribution in [3.8, 4) is 22.5 Å². The fraction of sp³-hybridized carbons (Fsp3) is 0.0606. The van der Waals surface area contributed by atoms with Crippen molar-refractivity contribution in [3.63, 3.8) is 0 Å². The minimum Gasteiger partial charge on any atom is -0.498 e. The summed E-state index contributed by atoms with van der Waals surface area (Å²) in [6, 6.07) is 34.5. The second kappa shape index (κ2) is 11.1. The Balaban J connectivity index is 0.000000179. The van der Waals surface area contributed by atoms with E-state index in [9.17, 15) is 0 Å². The Morgan fingerprint density at radius 3 is 2.11 bits per heavy atom. The average molecular weight is 670 g/mol. The first-order valence-corrected chi connectivity index (χ1v) is 12.1. The van der Waals surface area contributed by atoms with Crippen LogP contribution in [-0.2, 0) is 20.1 Å². The summed E-state index contributed by atoms with van der Waals surface area (Å²) in [5.74, 6) is 0. The van der Waals surface area contributed by atoms with Crippen molar-refractivity contribution in [1.29, 1.82) is 0 Å². The molecule has 0 unspecified atom stereocenters. The van der Waals surface area contributed by atoms with E-state index in [0.717, 1.165) is 60.9 Å². The average Bonchev–Trinajstić information content (AvgIpc) is 3.34. The number of hydrogen-bond acceptors (Lipinski definition) is 4. The van der Waals surface area contributed by atoms with Gasteiger partial charge in [0.1, 0.15) is 11.1 Å². The van der Waals surface area contributed by atoms with E-state index >= 15 is 0 Å². The van der Waals surface area contributed by atoms with Crippen molar-refractivity contribution in [2.45, 2.75) is 13.8 Å². The van der Waals surface area contributed by atoms with Crippen LogP contribution in [0.25, 0.3) is 55.4 Å². The zero-order valence-corrected chi connectivity index (χ0v) is 23.3. The standard InChI is InChI=1S/C21H13N2O.C12H10N.Ir/c1-13-7-10-18(23-12-13)17-6-2-5-15-16-9-8-14-4-3-11-22-19(14)21(16)24-20(15)17;1-10-7-8-12(13-9-10)11-5-3-2-4-6-11;/h2-5,7-12H,1H3;2-5,7-9H,1H3;/q2*-1;. The van der Waals surface area contributed by atoms with Gasteiger partial charge in [0.25, 0.3) is 0 Å². The Bertz CT molecular complexity index is 1830. The number of pyridine rings is 3. The van der Waals surface area contributed by atoms with Gasteiger partial charge in [-0.15, -0.1) is 54.1 Å². The topological polar surface area (TPSA) is 51.8 Å². The van der Waals surface area contributed by atoms with Crippen LogP contribution in [0.4, 0.5) is 0 Å². The summed E-state index contributed by atoms with van der Waals surface area (Å²) < 4.78 is 6.25. The third-order valence-corrected chi connectivity index (χ3v) is 6.24. The van der Waals surface area contributed by atoms with Crippen LogP contribution in [-0.4, -0.2) is 15.0 Å². The summed E-state index contributed by atoms with van der Waals surface area (Å²) in [4.78, 5) is 13.3. The normalized spacial score (nSPS) is 10.7. The van der Waals surface area contributed by atoms with E-state index in [1.165, 1.54) is 5.56 Å². The van der Waals surface area contributed by atoms with Gasteiger partial charge in [-0.3, -0.25) is 4.98 Å². The third kappa shape index (κ3) is 4.99. The van der Waals surface area contributed by atoms with Crippen molar-refractivity contribution in [1.82, 2.24) is 15.0 Å². The van der Waals surface area contributed by atoms with Crippen molar-refractivity contribution < 1.29 is 24.5 Å². The van der Waals surface area contributed by atoms with Gasteiger partial charge in [0.05, 0.1) is 5.58 Å². The van der Waals surface area contributed by atoms with Gasteiger partial charge in [-0.25, -0.2) is 0 Å². The molecule has 0 N–H and O–H groups in total. The number of furan rings is 1. The number of nitrogens with zero attached hydrogens (tertiary/aromatic N) is 3. The number of hydrogen-bond donors (Lipinski definition) is 0. The molecule has 0 saturated carbocycles. The fourth-order valence-corrected chi connectivity index (χ4v) is 4.32. The van der Waals surface area contributed by atoms with Crippen LogP contribution in [0.1, 0.15) is 11.1 Å². The second-order valence-corrected chi connectivity index (χ2v) is 8.93. The van der Waals surface area contributed by atoms with Crippen LogP contribution in [0.15, 0.2) is 108 Å². The summed E-state index contributed by atoms with van der Waals surface area (Å²) in [6.45, 7) is 4.06. The first-order chi connectivity index (χ1) is 18.2. The Morgan fingerprint density at radius 1 is 0.632 bits per heavy atom. The van der Waals surface area contributed by atoms with Gasteiger partial charge in [0.15, 0.2) is 0 Å². The van der Waals surface area contributed by atoms with Gasteiger partial charge in [0, 0.05) is 49.5 Å². The molecular formula is C33H23IrN3O-2. The minimum absolute atomic E-state index is 0. The van der Waals surface area contributed by atoms with E-state index in [0.29, 0.717) is 0 Å². The van der Waals surface area contributed by atoms with Gasteiger partial charge >= 0.3 is 0 Å². The molecule has 0 bridgehead atoms. The molecule has 0 saturated heterocycles. The molecule has 187 valence electrons. The molecule has 4 heterocycles. The molecule has 0 atom stereocenters. The molecule has 1 radical (unpaired) electrons. The van der Waals surface area contributed by atoms with Crippen molar-refractivity contribution in [2.24, 2.45) is 0 Å². The summed E-state index contributed by atoms with van der Waals surface area (Å²) in [6.07, 6.45) is 5.53. The molecule has 4 aromatic heterocycles. The number of rotatable bonds is 2. The Kier molecular flexibility index (Phi) is 7.41. The van der Waals surface area contributed by atoms with Crippen LogP contribution in [0.2, 0.25) is 0 Å². The summed E-state index contributed by atoms with van der Waals surface area (Å²) >= 11 is 0. The number of aryl methyl sites for hydroxylation is 2. The molecular weight excluding hydrogens is 647 g/mol. The Morgan fingerprint density at radius 2 is 1.39 bits per heavy atom. The van der Waals surface area contributed by atoms with Crippen LogP contribution >= 0.6 is 0 Å². The molecule has 7 rings (SSSR count). The maximum Gasteiger partial charge on any atom is 0.147 e. The van der Waals surface area contributed by atoms with Crippen LogP contribution in [0, 0.1) is 26.0 Å². The number of aromatic nitrogens is 3. The molecule has 0 fully saturated rings. The van der Waals surface area contributed by atoms with E-state index in [-0.39, 0.29) is 20.1 Å². The predicted molar refractivity (Wildman–Crippen MR) is 149 cm³/mol. The zero-order valence-electron chi connectivity index (χ0n) is 20.9. The Hall–Kier alpha value is -4.18. The molecule has 4 nitrogen and oxygen atoms in total. The predicted octanol–water partition coefficient (Wildman–Crippen LogP) is 8.16. The van der Waals surface area contributed by atoms with Crippen LogP contribution < -0.4 is 0 Å². The quantitative estimate of drug-likeness (QED) is 0.174. The van der Waals surface area contributed by atoms with Gasteiger partial charge in [-0.2, -0.15) is 0 Å². The maximum absolute atomic E-state index is 6.25.